The first kappa shape index (κ1) is 17.5. The quantitative estimate of drug-likeness (QED) is 0.647. The predicted octanol–water partition coefficient (Wildman–Crippen LogP) is 4.11. The molecule has 128 valence electrons. The van der Waals surface area contributed by atoms with Crippen LogP contribution in [0, 0.1) is 6.92 Å². The average Bonchev–Trinajstić information content (AvgIpc) is 2.86. The Labute approximate surface area is 156 Å². The van der Waals surface area contributed by atoms with Gasteiger partial charge in [-0.3, -0.25) is 9.69 Å². The molecule has 0 spiro atoms. The van der Waals surface area contributed by atoms with Gasteiger partial charge in [0.15, 0.2) is 11.5 Å². The fourth-order valence-corrected chi connectivity index (χ4v) is 3.70. The van der Waals surface area contributed by atoms with Gasteiger partial charge in [-0.1, -0.05) is 59.9 Å². The number of aromatic hydroxyl groups is 1. The second kappa shape index (κ2) is 7.29. The Morgan fingerprint density at radius 2 is 1.96 bits per heavy atom. The summed E-state index contributed by atoms with van der Waals surface area (Å²) in [5, 5.41) is 9.67. The third kappa shape index (κ3) is 3.86. The molecule has 4 nitrogen and oxygen atoms in total. The van der Waals surface area contributed by atoms with E-state index in [1.807, 2.05) is 31.2 Å². The van der Waals surface area contributed by atoms with Crippen molar-refractivity contribution >= 4 is 40.3 Å². The number of methoxy groups -OCH3 is 1. The SMILES string of the molecule is COc1cc(/C=C2\SC(=S)N(Cc3ccc(C)cc3)C2=O)ccc1O. The van der Waals surface area contributed by atoms with Gasteiger partial charge in [0, 0.05) is 0 Å². The fourth-order valence-electron chi connectivity index (χ4n) is 2.45. The number of thioether (sulfide) groups is 1. The maximum atomic E-state index is 12.7. The number of rotatable bonds is 4. The lowest BCUT2D eigenvalue weighted by Gasteiger charge is -2.14. The maximum Gasteiger partial charge on any atom is 0.266 e. The summed E-state index contributed by atoms with van der Waals surface area (Å²) in [5.41, 5.74) is 2.98. The number of hydrogen-bond donors (Lipinski definition) is 1. The van der Waals surface area contributed by atoms with Gasteiger partial charge in [-0.2, -0.15) is 0 Å². The van der Waals surface area contributed by atoms with E-state index in [9.17, 15) is 9.90 Å². The average molecular weight is 371 g/mol. The van der Waals surface area contributed by atoms with Crippen LogP contribution in [-0.2, 0) is 11.3 Å². The third-order valence-electron chi connectivity index (χ3n) is 3.84. The van der Waals surface area contributed by atoms with Crippen LogP contribution in [0.1, 0.15) is 16.7 Å². The van der Waals surface area contributed by atoms with Crippen LogP contribution in [0.2, 0.25) is 0 Å². The molecule has 1 aliphatic heterocycles. The van der Waals surface area contributed by atoms with Crippen molar-refractivity contribution in [3.63, 3.8) is 0 Å². The highest BCUT2D eigenvalue weighted by Crippen LogP contribution is 2.35. The Bertz CT molecular complexity index is 859. The topological polar surface area (TPSA) is 49.8 Å². The molecule has 0 saturated carbocycles. The van der Waals surface area contributed by atoms with Crippen molar-refractivity contribution < 1.29 is 14.6 Å². The molecule has 0 bridgehead atoms. The maximum absolute atomic E-state index is 12.7. The number of thiocarbonyl (C=S) groups is 1. The summed E-state index contributed by atoms with van der Waals surface area (Å²) < 4.78 is 5.64. The second-order valence-corrected chi connectivity index (χ2v) is 7.36. The molecule has 1 N–H and O–H groups in total. The summed E-state index contributed by atoms with van der Waals surface area (Å²) in [6, 6.07) is 13.0. The number of amides is 1. The zero-order valence-electron chi connectivity index (χ0n) is 13.9. The number of nitrogens with zero attached hydrogens (tertiary/aromatic N) is 1. The lowest BCUT2D eigenvalue weighted by molar-refractivity contribution is -0.122. The Hall–Kier alpha value is -2.31. The largest absolute Gasteiger partial charge is 0.504 e. The van der Waals surface area contributed by atoms with Gasteiger partial charge < -0.3 is 9.84 Å². The molecule has 0 unspecified atom stereocenters. The number of benzene rings is 2. The van der Waals surface area contributed by atoms with E-state index in [1.54, 1.807) is 23.1 Å². The van der Waals surface area contributed by atoms with Crippen molar-refractivity contribution in [3.05, 3.63) is 64.1 Å². The number of hydrogen-bond acceptors (Lipinski definition) is 5. The number of ether oxygens (including phenoxy) is 1. The van der Waals surface area contributed by atoms with Crippen LogP contribution in [-0.4, -0.2) is 27.3 Å². The van der Waals surface area contributed by atoms with Crippen LogP contribution in [0.25, 0.3) is 6.08 Å². The van der Waals surface area contributed by atoms with Gasteiger partial charge in [0.1, 0.15) is 4.32 Å². The molecule has 0 atom stereocenters. The highest BCUT2D eigenvalue weighted by atomic mass is 32.2. The van der Waals surface area contributed by atoms with Crippen molar-refractivity contribution in [2.45, 2.75) is 13.5 Å². The highest BCUT2D eigenvalue weighted by Gasteiger charge is 2.31. The van der Waals surface area contributed by atoms with E-state index in [0.29, 0.717) is 21.5 Å². The van der Waals surface area contributed by atoms with Gasteiger partial charge in [-0.25, -0.2) is 0 Å². The van der Waals surface area contributed by atoms with E-state index in [0.717, 1.165) is 11.1 Å². The van der Waals surface area contributed by atoms with Gasteiger partial charge in [-0.05, 0) is 36.3 Å². The van der Waals surface area contributed by atoms with Crippen LogP contribution in [0.3, 0.4) is 0 Å². The van der Waals surface area contributed by atoms with E-state index >= 15 is 0 Å². The molecule has 2 aromatic rings. The van der Waals surface area contributed by atoms with Crippen LogP contribution in [0.4, 0.5) is 0 Å². The zero-order chi connectivity index (χ0) is 18.0. The molecule has 0 aromatic heterocycles. The zero-order valence-corrected chi connectivity index (χ0v) is 15.5. The molecule has 1 saturated heterocycles. The van der Waals surface area contributed by atoms with E-state index < -0.39 is 0 Å². The number of aryl methyl sites for hydroxylation is 1. The fraction of sp³-hybridized carbons (Fsp3) is 0.158. The van der Waals surface area contributed by atoms with Gasteiger partial charge in [0.25, 0.3) is 5.91 Å². The monoisotopic (exact) mass is 371 g/mol. The molecule has 3 rings (SSSR count). The first-order valence-corrected chi connectivity index (χ1v) is 8.88. The van der Waals surface area contributed by atoms with Crippen LogP contribution in [0.15, 0.2) is 47.4 Å². The van der Waals surface area contributed by atoms with E-state index in [1.165, 1.54) is 30.5 Å². The smallest absolute Gasteiger partial charge is 0.266 e. The van der Waals surface area contributed by atoms with Crippen LogP contribution in [0.5, 0.6) is 11.5 Å². The van der Waals surface area contributed by atoms with E-state index in [2.05, 4.69) is 0 Å². The van der Waals surface area contributed by atoms with Crippen molar-refractivity contribution in [2.75, 3.05) is 7.11 Å². The molecule has 1 aliphatic rings. The number of carbonyl (C=O) groups is 1. The van der Waals surface area contributed by atoms with Crippen molar-refractivity contribution in [1.82, 2.24) is 4.90 Å². The lowest BCUT2D eigenvalue weighted by Crippen LogP contribution is -2.27. The van der Waals surface area contributed by atoms with Gasteiger partial charge in [-0.15, -0.1) is 0 Å². The summed E-state index contributed by atoms with van der Waals surface area (Å²) in [5.74, 6) is 0.318. The molecular formula is C19H17NO3S2. The normalized spacial score (nSPS) is 15.9. The molecule has 1 heterocycles. The number of phenolic OH excluding ortho intramolecular Hbond substituents is 1. The Morgan fingerprint density at radius 3 is 2.64 bits per heavy atom. The molecule has 0 aliphatic carbocycles. The van der Waals surface area contributed by atoms with Gasteiger partial charge >= 0.3 is 0 Å². The first-order valence-electron chi connectivity index (χ1n) is 7.66. The Kier molecular flexibility index (Phi) is 5.11. The molecular weight excluding hydrogens is 354 g/mol. The molecule has 25 heavy (non-hydrogen) atoms. The second-order valence-electron chi connectivity index (χ2n) is 5.68. The molecule has 0 radical (unpaired) electrons. The standard InChI is InChI=1S/C19H17NO3S2/c1-12-3-5-13(6-4-12)11-20-18(22)17(25-19(20)24)10-14-7-8-15(21)16(9-14)23-2/h3-10,21H,11H2,1-2H3/b17-10-. The van der Waals surface area contributed by atoms with Crippen LogP contribution >= 0.6 is 24.0 Å². The van der Waals surface area contributed by atoms with E-state index in [4.69, 9.17) is 17.0 Å². The summed E-state index contributed by atoms with van der Waals surface area (Å²) in [4.78, 5) is 14.8. The number of carbonyl (C=O) groups excluding carboxylic acids is 1. The third-order valence-corrected chi connectivity index (χ3v) is 5.21. The van der Waals surface area contributed by atoms with Crippen molar-refractivity contribution in [3.8, 4) is 11.5 Å². The van der Waals surface area contributed by atoms with E-state index in [-0.39, 0.29) is 11.7 Å². The Balaban J connectivity index is 1.82. The van der Waals surface area contributed by atoms with Gasteiger partial charge in [0.05, 0.1) is 18.6 Å². The number of phenols is 1. The van der Waals surface area contributed by atoms with Crippen molar-refractivity contribution in [2.24, 2.45) is 0 Å². The van der Waals surface area contributed by atoms with Crippen molar-refractivity contribution in [1.29, 1.82) is 0 Å². The summed E-state index contributed by atoms with van der Waals surface area (Å²) in [6.07, 6.45) is 1.76. The summed E-state index contributed by atoms with van der Waals surface area (Å²) in [6.45, 7) is 2.49. The summed E-state index contributed by atoms with van der Waals surface area (Å²) >= 11 is 6.65. The molecule has 2 aromatic carbocycles. The minimum absolute atomic E-state index is 0.0616. The molecule has 1 fully saturated rings. The van der Waals surface area contributed by atoms with Gasteiger partial charge in [0.2, 0.25) is 0 Å². The predicted molar refractivity (Wildman–Crippen MR) is 105 cm³/mol. The first-order chi connectivity index (χ1) is 12.0. The lowest BCUT2D eigenvalue weighted by atomic mass is 10.1. The van der Waals surface area contributed by atoms with Crippen LogP contribution < -0.4 is 4.74 Å². The minimum atomic E-state index is -0.109. The minimum Gasteiger partial charge on any atom is -0.504 e. The Morgan fingerprint density at radius 1 is 1.24 bits per heavy atom. The highest BCUT2D eigenvalue weighted by molar-refractivity contribution is 8.26. The summed E-state index contributed by atoms with van der Waals surface area (Å²) in [7, 11) is 1.49. The molecule has 6 heteroatoms. The molecule has 1 amide bonds.